The first-order chi connectivity index (χ1) is 10.8. The normalized spacial score (nSPS) is 11.5. The molecule has 0 fully saturated rings. The van der Waals surface area contributed by atoms with Crippen molar-refractivity contribution in [3.05, 3.63) is 34.6 Å². The van der Waals surface area contributed by atoms with Crippen LogP contribution in [0.4, 0.5) is 4.39 Å². The molecule has 0 saturated carbocycles. The summed E-state index contributed by atoms with van der Waals surface area (Å²) in [6.45, 7) is 3.36. The predicted molar refractivity (Wildman–Crippen MR) is 82.6 cm³/mol. The zero-order valence-corrected chi connectivity index (χ0v) is 13.6. The third kappa shape index (κ3) is 6.23. The predicted octanol–water partition coefficient (Wildman–Crippen LogP) is 1.67. The van der Waals surface area contributed by atoms with Gasteiger partial charge in [0.2, 0.25) is 5.91 Å². The first kappa shape index (κ1) is 18.9. The van der Waals surface area contributed by atoms with Gasteiger partial charge in [-0.05, 0) is 31.5 Å². The minimum Gasteiger partial charge on any atom is -0.452 e. The number of halogens is 2. The van der Waals surface area contributed by atoms with E-state index in [1.807, 2.05) is 6.92 Å². The second-order valence-corrected chi connectivity index (χ2v) is 5.19. The second kappa shape index (κ2) is 9.09. The van der Waals surface area contributed by atoms with Crippen LogP contribution in [0.2, 0.25) is 5.02 Å². The highest BCUT2D eigenvalue weighted by molar-refractivity contribution is 6.33. The van der Waals surface area contributed by atoms with Gasteiger partial charge in [0.25, 0.3) is 5.91 Å². The van der Waals surface area contributed by atoms with E-state index in [2.05, 4.69) is 10.6 Å². The second-order valence-electron chi connectivity index (χ2n) is 4.78. The van der Waals surface area contributed by atoms with E-state index in [0.29, 0.717) is 6.54 Å². The van der Waals surface area contributed by atoms with E-state index in [-0.39, 0.29) is 16.5 Å². The summed E-state index contributed by atoms with van der Waals surface area (Å²) in [6, 6.07) is 2.45. The number of nitrogens with one attached hydrogen (secondary N) is 2. The maximum atomic E-state index is 12.9. The van der Waals surface area contributed by atoms with E-state index in [9.17, 15) is 18.8 Å². The molecule has 0 unspecified atom stereocenters. The number of benzene rings is 1. The lowest BCUT2D eigenvalue weighted by Gasteiger charge is -2.14. The Morgan fingerprint density at radius 1 is 1.35 bits per heavy atom. The average molecular weight is 345 g/mol. The number of carbonyl (C=O) groups is 3. The quantitative estimate of drug-likeness (QED) is 0.737. The van der Waals surface area contributed by atoms with E-state index in [1.54, 1.807) is 0 Å². The molecule has 2 N–H and O–H groups in total. The smallest absolute Gasteiger partial charge is 0.340 e. The summed E-state index contributed by atoms with van der Waals surface area (Å²) < 4.78 is 17.7. The fourth-order valence-electron chi connectivity index (χ4n) is 1.61. The molecule has 2 amide bonds. The van der Waals surface area contributed by atoms with Crippen LogP contribution < -0.4 is 10.6 Å². The van der Waals surface area contributed by atoms with Gasteiger partial charge in [0.15, 0.2) is 6.61 Å². The Hall–Kier alpha value is -2.15. The van der Waals surface area contributed by atoms with E-state index < -0.39 is 30.3 Å². The van der Waals surface area contributed by atoms with Crippen LogP contribution in [0, 0.1) is 5.82 Å². The Morgan fingerprint density at radius 2 is 2.04 bits per heavy atom. The van der Waals surface area contributed by atoms with Gasteiger partial charge >= 0.3 is 5.97 Å². The van der Waals surface area contributed by atoms with Crippen LogP contribution in [0.3, 0.4) is 0 Å². The lowest BCUT2D eigenvalue weighted by atomic mass is 10.2. The van der Waals surface area contributed by atoms with Crippen LogP contribution in [0.25, 0.3) is 0 Å². The Balaban J connectivity index is 2.46. The molecule has 1 aromatic rings. The molecular formula is C15H18ClFN2O4. The van der Waals surface area contributed by atoms with Crippen molar-refractivity contribution in [1.29, 1.82) is 0 Å². The first-order valence-electron chi connectivity index (χ1n) is 7.04. The van der Waals surface area contributed by atoms with E-state index in [1.165, 1.54) is 13.0 Å². The van der Waals surface area contributed by atoms with Gasteiger partial charge in [-0.25, -0.2) is 9.18 Å². The van der Waals surface area contributed by atoms with Gasteiger partial charge in [0.1, 0.15) is 11.9 Å². The molecule has 0 radical (unpaired) electrons. The van der Waals surface area contributed by atoms with Crippen molar-refractivity contribution in [3.63, 3.8) is 0 Å². The number of esters is 1. The van der Waals surface area contributed by atoms with Crippen LogP contribution in [-0.4, -0.2) is 37.0 Å². The van der Waals surface area contributed by atoms with Gasteiger partial charge in [-0.3, -0.25) is 9.59 Å². The molecule has 0 aliphatic carbocycles. The van der Waals surface area contributed by atoms with Gasteiger partial charge in [-0.15, -0.1) is 0 Å². The average Bonchev–Trinajstić information content (AvgIpc) is 2.50. The zero-order chi connectivity index (χ0) is 17.4. The summed E-state index contributed by atoms with van der Waals surface area (Å²) in [5, 5.41) is 4.92. The first-order valence-corrected chi connectivity index (χ1v) is 7.42. The number of hydrogen-bond acceptors (Lipinski definition) is 4. The van der Waals surface area contributed by atoms with Crippen LogP contribution >= 0.6 is 11.6 Å². The van der Waals surface area contributed by atoms with Crippen molar-refractivity contribution in [2.24, 2.45) is 0 Å². The van der Waals surface area contributed by atoms with Gasteiger partial charge in [-0.2, -0.15) is 0 Å². The van der Waals surface area contributed by atoms with Crippen molar-refractivity contribution >= 4 is 29.4 Å². The molecule has 8 heteroatoms. The molecule has 0 aromatic heterocycles. The highest BCUT2D eigenvalue weighted by Gasteiger charge is 2.17. The molecule has 23 heavy (non-hydrogen) atoms. The van der Waals surface area contributed by atoms with Crippen LogP contribution in [-0.2, 0) is 14.3 Å². The molecule has 0 aliphatic rings. The number of rotatable bonds is 7. The highest BCUT2D eigenvalue weighted by atomic mass is 35.5. The molecule has 0 saturated heterocycles. The molecule has 0 bridgehead atoms. The maximum Gasteiger partial charge on any atom is 0.340 e. The van der Waals surface area contributed by atoms with E-state index in [4.69, 9.17) is 16.3 Å². The molecule has 0 spiro atoms. The Labute approximate surface area is 138 Å². The van der Waals surface area contributed by atoms with Crippen LogP contribution in [0.15, 0.2) is 18.2 Å². The number of ether oxygens (including phenoxy) is 1. The highest BCUT2D eigenvalue weighted by Crippen LogP contribution is 2.17. The fraction of sp³-hybridized carbons (Fsp3) is 0.400. The van der Waals surface area contributed by atoms with E-state index >= 15 is 0 Å². The topological polar surface area (TPSA) is 84.5 Å². The zero-order valence-electron chi connectivity index (χ0n) is 12.8. The largest absolute Gasteiger partial charge is 0.452 e. The summed E-state index contributed by atoms with van der Waals surface area (Å²) in [7, 11) is 0. The molecule has 0 heterocycles. The summed E-state index contributed by atoms with van der Waals surface area (Å²) in [6.07, 6.45) is 0.780. The molecule has 126 valence electrons. The molecule has 1 atom stereocenters. The number of hydrogen-bond donors (Lipinski definition) is 2. The van der Waals surface area contributed by atoms with Crippen molar-refractivity contribution in [2.75, 3.05) is 13.2 Å². The van der Waals surface area contributed by atoms with Gasteiger partial charge < -0.3 is 15.4 Å². The Morgan fingerprint density at radius 3 is 2.65 bits per heavy atom. The summed E-state index contributed by atoms with van der Waals surface area (Å²) in [5.74, 6) is -2.40. The third-order valence-electron chi connectivity index (χ3n) is 2.81. The van der Waals surface area contributed by atoms with Gasteiger partial charge in [-0.1, -0.05) is 18.5 Å². The van der Waals surface area contributed by atoms with Crippen LogP contribution in [0.1, 0.15) is 30.6 Å². The Kier molecular flexibility index (Phi) is 7.47. The molecule has 1 rings (SSSR count). The minimum absolute atomic E-state index is 0.0467. The summed E-state index contributed by atoms with van der Waals surface area (Å²) in [4.78, 5) is 35.0. The van der Waals surface area contributed by atoms with Crippen molar-refractivity contribution in [1.82, 2.24) is 10.6 Å². The monoisotopic (exact) mass is 344 g/mol. The molecular weight excluding hydrogens is 327 g/mol. The lowest BCUT2D eigenvalue weighted by Crippen LogP contribution is -2.46. The van der Waals surface area contributed by atoms with Crippen LogP contribution in [0.5, 0.6) is 0 Å². The summed E-state index contributed by atoms with van der Waals surface area (Å²) >= 11 is 5.72. The maximum absolute atomic E-state index is 12.9. The summed E-state index contributed by atoms with van der Waals surface area (Å²) in [5.41, 5.74) is -0.0467. The van der Waals surface area contributed by atoms with Crippen molar-refractivity contribution in [2.45, 2.75) is 26.3 Å². The van der Waals surface area contributed by atoms with Gasteiger partial charge in [0.05, 0.1) is 10.6 Å². The number of amides is 2. The third-order valence-corrected chi connectivity index (χ3v) is 3.12. The Bertz CT molecular complexity index is 595. The lowest BCUT2D eigenvalue weighted by molar-refractivity contribution is -0.130. The standard InChI is InChI=1S/C15H18ClFN2O4/c1-3-6-18-14(21)9(2)19-13(20)8-23-15(22)11-5-4-10(17)7-12(11)16/h4-5,7,9H,3,6,8H2,1-2H3,(H,18,21)(H,19,20)/t9-/m1/s1. The fourth-order valence-corrected chi connectivity index (χ4v) is 1.86. The van der Waals surface area contributed by atoms with Crippen molar-refractivity contribution in [3.8, 4) is 0 Å². The minimum atomic E-state index is -0.853. The number of carbonyl (C=O) groups excluding carboxylic acids is 3. The van der Waals surface area contributed by atoms with E-state index in [0.717, 1.165) is 18.6 Å². The van der Waals surface area contributed by atoms with Gasteiger partial charge in [0, 0.05) is 6.54 Å². The molecule has 1 aromatic carbocycles. The molecule has 0 aliphatic heterocycles. The SMILES string of the molecule is CCCNC(=O)[C@@H](C)NC(=O)COC(=O)c1ccc(F)cc1Cl. The molecule has 6 nitrogen and oxygen atoms in total. The van der Waals surface area contributed by atoms with Crippen molar-refractivity contribution < 1.29 is 23.5 Å².